The summed E-state index contributed by atoms with van der Waals surface area (Å²) in [4.78, 5) is 9.02. The molecule has 0 aliphatic carbocycles. The van der Waals surface area contributed by atoms with Gasteiger partial charge in [0.1, 0.15) is 5.82 Å². The molecule has 0 saturated carbocycles. The molecule has 0 unspecified atom stereocenters. The predicted octanol–water partition coefficient (Wildman–Crippen LogP) is 1.41. The van der Waals surface area contributed by atoms with E-state index in [2.05, 4.69) is 34.9 Å². The van der Waals surface area contributed by atoms with E-state index < -0.39 is 0 Å². The number of pyridine rings is 1. The van der Waals surface area contributed by atoms with E-state index in [0.717, 1.165) is 24.9 Å². The molecule has 0 amide bonds. The second kappa shape index (κ2) is 4.62. The molecule has 3 nitrogen and oxygen atoms in total. The van der Waals surface area contributed by atoms with Crippen molar-refractivity contribution in [3.63, 3.8) is 0 Å². The van der Waals surface area contributed by atoms with Crippen molar-refractivity contribution in [2.24, 2.45) is 0 Å². The van der Waals surface area contributed by atoms with Crippen LogP contribution in [-0.2, 0) is 0 Å². The van der Waals surface area contributed by atoms with E-state index in [-0.39, 0.29) is 0 Å². The Labute approximate surface area is 91.7 Å². The lowest BCUT2D eigenvalue weighted by Gasteiger charge is -2.35. The fourth-order valence-electron chi connectivity index (χ4n) is 2.10. The van der Waals surface area contributed by atoms with Crippen LogP contribution < -0.4 is 4.90 Å². The van der Waals surface area contributed by atoms with Crippen LogP contribution in [-0.4, -0.2) is 43.1 Å². The highest BCUT2D eigenvalue weighted by Crippen LogP contribution is 2.18. The topological polar surface area (TPSA) is 19.4 Å². The van der Waals surface area contributed by atoms with Gasteiger partial charge in [0.2, 0.25) is 0 Å². The Morgan fingerprint density at radius 2 is 2.13 bits per heavy atom. The molecule has 2 rings (SSSR count). The summed E-state index contributed by atoms with van der Waals surface area (Å²) in [6, 6.07) is 7.62. The first-order valence-corrected chi connectivity index (χ1v) is 5.51. The average Bonchev–Trinajstić information content (AvgIpc) is 2.30. The maximum Gasteiger partial charge on any atom is 0.129 e. The number of nitrogens with zero attached hydrogens (tertiary/aromatic N) is 3. The van der Waals surface area contributed by atoms with Crippen molar-refractivity contribution in [1.29, 1.82) is 0 Å². The van der Waals surface area contributed by atoms with Crippen LogP contribution in [0.2, 0.25) is 0 Å². The van der Waals surface area contributed by atoms with Crippen molar-refractivity contribution < 1.29 is 0 Å². The number of hydrogen-bond acceptors (Lipinski definition) is 3. The summed E-state index contributed by atoms with van der Waals surface area (Å²) in [5.74, 6) is 1.06. The average molecular weight is 204 g/mol. The molecule has 15 heavy (non-hydrogen) atoms. The smallest absolute Gasteiger partial charge is 0.129 e. The van der Waals surface area contributed by atoms with Crippen LogP contribution in [0.5, 0.6) is 0 Å². The van der Waals surface area contributed by atoms with Crippen LogP contribution in [0.4, 0.5) is 5.82 Å². The number of aromatic nitrogens is 1. The van der Waals surface area contributed by atoms with E-state index in [1.54, 1.807) is 0 Å². The number of rotatable bonds is 2. The Balaban J connectivity index is 1.94. The third-order valence-corrected chi connectivity index (χ3v) is 3.11. The third-order valence-electron chi connectivity index (χ3n) is 3.11. The van der Waals surface area contributed by atoms with Gasteiger partial charge in [-0.3, -0.25) is 0 Å². The van der Waals surface area contributed by atoms with Crippen LogP contribution in [0.1, 0.15) is 12.8 Å². The largest absolute Gasteiger partial charge is 0.356 e. The fraction of sp³-hybridized carbons (Fsp3) is 0.583. The summed E-state index contributed by atoms with van der Waals surface area (Å²) in [7, 11) is 4.32. The van der Waals surface area contributed by atoms with Crippen molar-refractivity contribution in [1.82, 2.24) is 9.88 Å². The molecule has 0 atom stereocenters. The fourth-order valence-corrected chi connectivity index (χ4v) is 2.10. The van der Waals surface area contributed by atoms with Gasteiger partial charge in [-0.2, -0.15) is 0 Å². The first kappa shape index (κ1) is 10.4. The van der Waals surface area contributed by atoms with Gasteiger partial charge in [0.15, 0.2) is 0 Å². The van der Waals surface area contributed by atoms with Gasteiger partial charge in [-0.05, 0) is 45.1 Å². The molecule has 0 bridgehead atoms. The zero-order valence-corrected chi connectivity index (χ0v) is 9.48. The summed E-state index contributed by atoms with van der Waals surface area (Å²) < 4.78 is 0. The molecule has 2 heterocycles. The van der Waals surface area contributed by atoms with Gasteiger partial charge in [-0.15, -0.1) is 0 Å². The highest BCUT2D eigenvalue weighted by Gasteiger charge is 2.20. The van der Waals surface area contributed by atoms with Gasteiger partial charge in [0, 0.05) is 25.3 Å². The first-order valence-electron chi connectivity index (χ1n) is 5.51. The summed E-state index contributed by atoms with van der Waals surface area (Å²) in [6.07, 6.45) is 4.26. The predicted molar refractivity (Wildman–Crippen MR) is 62.0 cm³/mol. The standard InChI is InChI=1S/C12H18N3/c1-14(2)11-6-9-15(10-7-11)12-5-3-4-8-13-12/h4-5,8,11H,6-7,9-10H2,1-2H3. The van der Waals surface area contributed by atoms with Crippen molar-refractivity contribution >= 4 is 5.82 Å². The van der Waals surface area contributed by atoms with E-state index in [9.17, 15) is 0 Å². The molecule has 1 fully saturated rings. The second-order valence-electron chi connectivity index (χ2n) is 4.30. The molecule has 1 radical (unpaired) electrons. The molecule has 1 saturated heterocycles. The molecular weight excluding hydrogens is 186 g/mol. The van der Waals surface area contributed by atoms with Gasteiger partial charge in [0.05, 0.1) is 0 Å². The molecule has 1 aliphatic heterocycles. The summed E-state index contributed by atoms with van der Waals surface area (Å²) in [6.45, 7) is 2.21. The maximum absolute atomic E-state index is 4.35. The van der Waals surface area contributed by atoms with Crippen LogP contribution in [0, 0.1) is 6.07 Å². The molecule has 0 spiro atoms. The first-order chi connectivity index (χ1) is 7.27. The minimum absolute atomic E-state index is 0.731. The second-order valence-corrected chi connectivity index (χ2v) is 4.30. The van der Waals surface area contributed by atoms with E-state index in [1.165, 1.54) is 12.8 Å². The quantitative estimate of drug-likeness (QED) is 0.726. The number of hydrogen-bond donors (Lipinski definition) is 0. The Kier molecular flexibility index (Phi) is 3.21. The Morgan fingerprint density at radius 1 is 1.40 bits per heavy atom. The van der Waals surface area contributed by atoms with E-state index in [4.69, 9.17) is 0 Å². The SMILES string of the molecule is CN(C)C1CCN(c2c[c]ccn2)CC1. The lowest BCUT2D eigenvalue weighted by molar-refractivity contribution is 0.249. The van der Waals surface area contributed by atoms with Crippen molar-refractivity contribution in [2.45, 2.75) is 18.9 Å². The molecule has 0 N–H and O–H groups in total. The lowest BCUT2D eigenvalue weighted by Crippen LogP contribution is -2.42. The molecule has 1 aliphatic rings. The van der Waals surface area contributed by atoms with E-state index in [0.29, 0.717) is 0 Å². The third kappa shape index (κ3) is 2.48. The minimum Gasteiger partial charge on any atom is -0.356 e. The summed E-state index contributed by atoms with van der Waals surface area (Å²) in [5, 5.41) is 0. The Bertz CT molecular complexity index is 289. The molecule has 1 aromatic rings. The van der Waals surface area contributed by atoms with Gasteiger partial charge in [0.25, 0.3) is 0 Å². The molecule has 0 aromatic carbocycles. The summed E-state index contributed by atoms with van der Waals surface area (Å²) in [5.41, 5.74) is 0. The van der Waals surface area contributed by atoms with Gasteiger partial charge < -0.3 is 9.80 Å². The maximum atomic E-state index is 4.35. The van der Waals surface area contributed by atoms with Crippen LogP contribution in [0.15, 0.2) is 18.3 Å². The number of piperidine rings is 1. The normalized spacial score (nSPS) is 18.5. The van der Waals surface area contributed by atoms with Crippen LogP contribution >= 0.6 is 0 Å². The zero-order chi connectivity index (χ0) is 10.7. The van der Waals surface area contributed by atoms with Gasteiger partial charge >= 0.3 is 0 Å². The summed E-state index contributed by atoms with van der Waals surface area (Å²) >= 11 is 0. The van der Waals surface area contributed by atoms with Crippen LogP contribution in [0.25, 0.3) is 0 Å². The lowest BCUT2D eigenvalue weighted by atomic mass is 10.0. The zero-order valence-electron chi connectivity index (χ0n) is 9.48. The van der Waals surface area contributed by atoms with Gasteiger partial charge in [-0.1, -0.05) is 0 Å². The van der Waals surface area contributed by atoms with Crippen molar-refractivity contribution in [3.05, 3.63) is 24.4 Å². The Morgan fingerprint density at radius 3 is 2.67 bits per heavy atom. The van der Waals surface area contributed by atoms with Gasteiger partial charge in [-0.25, -0.2) is 4.98 Å². The molecule has 81 valence electrons. The molecule has 1 aromatic heterocycles. The highest BCUT2D eigenvalue weighted by molar-refractivity contribution is 5.37. The number of anilines is 1. The minimum atomic E-state index is 0.731. The molecular formula is C12H18N3. The van der Waals surface area contributed by atoms with Crippen LogP contribution in [0.3, 0.4) is 0 Å². The van der Waals surface area contributed by atoms with Crippen molar-refractivity contribution in [3.8, 4) is 0 Å². The van der Waals surface area contributed by atoms with E-state index >= 15 is 0 Å². The van der Waals surface area contributed by atoms with E-state index in [1.807, 2.05) is 18.3 Å². The monoisotopic (exact) mass is 204 g/mol. The molecule has 3 heteroatoms. The highest BCUT2D eigenvalue weighted by atomic mass is 15.2. The Hall–Kier alpha value is -1.09. The van der Waals surface area contributed by atoms with Crippen molar-refractivity contribution in [2.75, 3.05) is 32.1 Å².